The molecule has 3 aromatic rings. The molecule has 39 heavy (non-hydrogen) atoms. The van der Waals surface area contributed by atoms with Crippen LogP contribution in [0.3, 0.4) is 0 Å². The molecule has 0 bridgehead atoms. The lowest BCUT2D eigenvalue weighted by Crippen LogP contribution is -2.52. The molecule has 1 N–H and O–H groups in total. The molecule has 0 saturated heterocycles. The Kier molecular flexibility index (Phi) is 10.6. The normalized spacial score (nSPS) is 12.0. The lowest BCUT2D eigenvalue weighted by Gasteiger charge is -2.33. The molecule has 0 aliphatic carbocycles. The number of halogens is 1. The van der Waals surface area contributed by atoms with E-state index in [9.17, 15) is 22.4 Å². The van der Waals surface area contributed by atoms with Gasteiger partial charge in [-0.3, -0.25) is 13.9 Å². The fraction of sp³-hybridized carbons (Fsp3) is 0.333. The van der Waals surface area contributed by atoms with Crippen LogP contribution in [0.1, 0.15) is 44.2 Å². The number of aryl methyl sites for hydroxylation is 1. The van der Waals surface area contributed by atoms with Crippen LogP contribution >= 0.6 is 0 Å². The molecule has 1 atom stereocenters. The number of nitrogens with zero attached hydrogens (tertiary/aromatic N) is 2. The van der Waals surface area contributed by atoms with Gasteiger partial charge in [-0.05, 0) is 61.7 Å². The van der Waals surface area contributed by atoms with Crippen molar-refractivity contribution in [1.82, 2.24) is 10.2 Å². The average molecular weight is 554 g/mol. The first-order chi connectivity index (χ1) is 18.7. The van der Waals surface area contributed by atoms with Crippen molar-refractivity contribution >= 4 is 27.5 Å². The van der Waals surface area contributed by atoms with E-state index < -0.39 is 34.3 Å². The van der Waals surface area contributed by atoms with Gasteiger partial charge in [0.2, 0.25) is 11.8 Å². The molecule has 9 heteroatoms. The topological polar surface area (TPSA) is 86.8 Å². The van der Waals surface area contributed by atoms with Crippen LogP contribution in [-0.4, -0.2) is 44.3 Å². The van der Waals surface area contributed by atoms with E-state index in [1.165, 1.54) is 29.2 Å². The highest BCUT2D eigenvalue weighted by Gasteiger charge is 2.33. The SMILES string of the molecule is CCCCNC(=O)[C@H](CC)N(Cc1ccc(F)cc1)C(=O)CN(c1ccccc1)S(=O)(=O)c1ccc(C)cc1. The molecular formula is C30H36FN3O4S. The molecule has 0 spiro atoms. The Balaban J connectivity index is 2.00. The molecule has 0 fully saturated rings. The van der Waals surface area contributed by atoms with Gasteiger partial charge in [0.05, 0.1) is 10.6 Å². The molecule has 0 aliphatic heterocycles. The quantitative estimate of drug-likeness (QED) is 0.300. The highest BCUT2D eigenvalue weighted by molar-refractivity contribution is 7.92. The van der Waals surface area contributed by atoms with Crippen LogP contribution in [0, 0.1) is 12.7 Å². The number of sulfonamides is 1. The Morgan fingerprint density at radius 3 is 2.15 bits per heavy atom. The van der Waals surface area contributed by atoms with Crippen LogP contribution in [0.4, 0.5) is 10.1 Å². The van der Waals surface area contributed by atoms with Gasteiger partial charge >= 0.3 is 0 Å². The zero-order valence-electron chi connectivity index (χ0n) is 22.6. The van der Waals surface area contributed by atoms with Gasteiger partial charge in [0.25, 0.3) is 10.0 Å². The summed E-state index contributed by atoms with van der Waals surface area (Å²) >= 11 is 0. The molecular weight excluding hydrogens is 517 g/mol. The fourth-order valence-corrected chi connectivity index (χ4v) is 5.59. The number of anilines is 1. The van der Waals surface area contributed by atoms with Gasteiger partial charge in [0.1, 0.15) is 18.4 Å². The molecule has 0 aliphatic rings. The van der Waals surface area contributed by atoms with Crippen molar-refractivity contribution in [2.24, 2.45) is 0 Å². The standard InChI is InChI=1S/C30H36FN3O4S/c1-4-6-20-32-30(36)28(5-2)33(21-24-14-16-25(31)17-15-24)29(35)22-34(26-10-8-7-9-11-26)39(37,38)27-18-12-23(3)13-19-27/h7-19,28H,4-6,20-22H2,1-3H3,(H,32,36)/t28-/m0/s1. The number of benzene rings is 3. The first-order valence-electron chi connectivity index (χ1n) is 13.1. The van der Waals surface area contributed by atoms with Crippen LogP contribution in [-0.2, 0) is 26.2 Å². The van der Waals surface area contributed by atoms with E-state index in [-0.39, 0.29) is 17.3 Å². The van der Waals surface area contributed by atoms with Crippen molar-refractivity contribution in [2.45, 2.75) is 57.5 Å². The molecule has 3 rings (SSSR count). The second-order valence-electron chi connectivity index (χ2n) is 9.38. The minimum Gasteiger partial charge on any atom is -0.354 e. The maximum Gasteiger partial charge on any atom is 0.264 e. The van der Waals surface area contributed by atoms with Crippen molar-refractivity contribution in [3.8, 4) is 0 Å². The van der Waals surface area contributed by atoms with Crippen LogP contribution in [0.15, 0.2) is 83.8 Å². The Bertz CT molecular complexity index is 1330. The Labute approximate surface area is 230 Å². The van der Waals surface area contributed by atoms with Crippen molar-refractivity contribution in [3.63, 3.8) is 0 Å². The van der Waals surface area contributed by atoms with Gasteiger partial charge in [0, 0.05) is 13.1 Å². The van der Waals surface area contributed by atoms with Crippen LogP contribution in [0.5, 0.6) is 0 Å². The summed E-state index contributed by atoms with van der Waals surface area (Å²) in [5.74, 6) is -1.27. The van der Waals surface area contributed by atoms with E-state index in [1.807, 2.05) is 13.8 Å². The molecule has 3 aromatic carbocycles. The van der Waals surface area contributed by atoms with Crippen molar-refractivity contribution in [1.29, 1.82) is 0 Å². The van der Waals surface area contributed by atoms with Crippen molar-refractivity contribution in [2.75, 3.05) is 17.4 Å². The Morgan fingerprint density at radius 1 is 0.923 bits per heavy atom. The van der Waals surface area contributed by atoms with E-state index in [4.69, 9.17) is 0 Å². The predicted molar refractivity (Wildman–Crippen MR) is 151 cm³/mol. The molecule has 0 heterocycles. The summed E-state index contributed by atoms with van der Waals surface area (Å²) in [7, 11) is -4.11. The van der Waals surface area contributed by atoms with Crippen molar-refractivity contribution in [3.05, 3.63) is 95.8 Å². The number of amides is 2. The molecule has 0 aromatic heterocycles. The van der Waals surface area contributed by atoms with Gasteiger partial charge in [-0.1, -0.05) is 68.3 Å². The minimum atomic E-state index is -4.11. The van der Waals surface area contributed by atoms with Crippen molar-refractivity contribution < 1.29 is 22.4 Å². The fourth-order valence-electron chi connectivity index (χ4n) is 4.17. The second kappa shape index (κ2) is 13.9. The lowest BCUT2D eigenvalue weighted by atomic mass is 10.1. The molecule has 7 nitrogen and oxygen atoms in total. The van der Waals surface area contributed by atoms with Crippen LogP contribution < -0.4 is 9.62 Å². The van der Waals surface area contributed by atoms with Gasteiger partial charge in [0.15, 0.2) is 0 Å². The van der Waals surface area contributed by atoms with Gasteiger partial charge in [-0.25, -0.2) is 12.8 Å². The van der Waals surface area contributed by atoms with E-state index >= 15 is 0 Å². The average Bonchev–Trinajstić information content (AvgIpc) is 2.93. The Hall–Kier alpha value is -3.72. The van der Waals surface area contributed by atoms with Gasteiger partial charge in [-0.15, -0.1) is 0 Å². The third kappa shape index (κ3) is 7.89. The number of carbonyl (C=O) groups is 2. The summed E-state index contributed by atoms with van der Waals surface area (Å²) in [6, 6.07) is 19.7. The largest absolute Gasteiger partial charge is 0.354 e. The summed E-state index contributed by atoms with van der Waals surface area (Å²) in [5.41, 5.74) is 1.85. The van der Waals surface area contributed by atoms with Gasteiger partial charge in [-0.2, -0.15) is 0 Å². The van der Waals surface area contributed by atoms with E-state index in [2.05, 4.69) is 5.32 Å². The number of para-hydroxylation sites is 1. The highest BCUT2D eigenvalue weighted by Crippen LogP contribution is 2.25. The smallest absolute Gasteiger partial charge is 0.264 e. The predicted octanol–water partition coefficient (Wildman–Crippen LogP) is 5.05. The highest BCUT2D eigenvalue weighted by atomic mass is 32.2. The van der Waals surface area contributed by atoms with Crippen LogP contribution in [0.2, 0.25) is 0 Å². The number of hydrogen-bond donors (Lipinski definition) is 1. The number of hydrogen-bond acceptors (Lipinski definition) is 4. The summed E-state index contributed by atoms with van der Waals surface area (Å²) < 4.78 is 42.2. The Morgan fingerprint density at radius 2 is 1.56 bits per heavy atom. The molecule has 0 radical (unpaired) electrons. The number of nitrogens with one attached hydrogen (secondary N) is 1. The second-order valence-corrected chi connectivity index (χ2v) is 11.2. The minimum absolute atomic E-state index is 0.0199. The molecule has 208 valence electrons. The zero-order valence-corrected chi connectivity index (χ0v) is 23.5. The third-order valence-electron chi connectivity index (χ3n) is 6.41. The summed E-state index contributed by atoms with van der Waals surface area (Å²) in [6.45, 7) is 5.65. The summed E-state index contributed by atoms with van der Waals surface area (Å²) in [5, 5.41) is 2.89. The lowest BCUT2D eigenvalue weighted by molar-refractivity contribution is -0.140. The maximum atomic E-state index is 13.9. The van der Waals surface area contributed by atoms with Gasteiger partial charge < -0.3 is 10.2 Å². The monoisotopic (exact) mass is 553 g/mol. The molecule has 2 amide bonds. The number of unbranched alkanes of at least 4 members (excludes halogenated alkanes) is 1. The summed E-state index contributed by atoms with van der Waals surface area (Å²) in [6.07, 6.45) is 2.02. The third-order valence-corrected chi connectivity index (χ3v) is 8.20. The first kappa shape index (κ1) is 29.8. The first-order valence-corrected chi connectivity index (χ1v) is 14.6. The molecule has 0 unspecified atom stereocenters. The maximum absolute atomic E-state index is 13.9. The zero-order chi connectivity index (χ0) is 28.4. The van der Waals surface area contributed by atoms with E-state index in [0.717, 1.165) is 22.7 Å². The molecule has 0 saturated carbocycles. The summed E-state index contributed by atoms with van der Waals surface area (Å²) in [4.78, 5) is 28.5. The van der Waals surface area contributed by atoms with Crippen LogP contribution in [0.25, 0.3) is 0 Å². The number of carbonyl (C=O) groups excluding carboxylic acids is 2. The van der Waals surface area contributed by atoms with E-state index in [1.54, 1.807) is 61.5 Å². The van der Waals surface area contributed by atoms with E-state index in [0.29, 0.717) is 24.2 Å². The number of rotatable bonds is 13.